The van der Waals surface area contributed by atoms with Crippen LogP contribution >= 0.6 is 11.6 Å². The molecule has 0 saturated carbocycles. The Morgan fingerprint density at radius 3 is 2.19 bits per heavy atom. The summed E-state index contributed by atoms with van der Waals surface area (Å²) in [6, 6.07) is 8.35. The minimum atomic E-state index is -0.419. The van der Waals surface area contributed by atoms with Crippen LogP contribution in [0, 0.1) is 6.92 Å². The van der Waals surface area contributed by atoms with E-state index >= 15 is 0 Å². The molecule has 3 rings (SSSR count). The van der Waals surface area contributed by atoms with Gasteiger partial charge in [-0.3, -0.25) is 0 Å². The second kappa shape index (κ2) is 7.80. The van der Waals surface area contributed by atoms with Gasteiger partial charge in [0.25, 0.3) is 0 Å². The standard InChI is InChI=1S/C20H19ClO6/c1-11-5-19(22)27-15-9-16(14(21)8-13(11)15)26-10-12-6-17(23-2)20(25-4)18(7-12)24-3/h5-9H,10H2,1-4H3. The molecular formula is C20H19ClO6. The van der Waals surface area contributed by atoms with Gasteiger partial charge in [-0.15, -0.1) is 0 Å². The highest BCUT2D eigenvalue weighted by Gasteiger charge is 2.14. The molecule has 0 fully saturated rings. The van der Waals surface area contributed by atoms with Gasteiger partial charge in [0.05, 0.1) is 26.4 Å². The number of fused-ring (bicyclic) bond motifs is 1. The minimum Gasteiger partial charge on any atom is -0.493 e. The van der Waals surface area contributed by atoms with E-state index < -0.39 is 5.63 Å². The molecule has 27 heavy (non-hydrogen) atoms. The molecule has 1 aromatic heterocycles. The zero-order chi connectivity index (χ0) is 19.6. The van der Waals surface area contributed by atoms with Gasteiger partial charge in [-0.25, -0.2) is 4.79 Å². The molecule has 7 heteroatoms. The molecule has 0 bridgehead atoms. The van der Waals surface area contributed by atoms with Gasteiger partial charge >= 0.3 is 5.63 Å². The molecule has 0 aliphatic rings. The van der Waals surface area contributed by atoms with Gasteiger partial charge in [-0.2, -0.15) is 0 Å². The van der Waals surface area contributed by atoms with Gasteiger partial charge in [-0.05, 0) is 36.2 Å². The van der Waals surface area contributed by atoms with Crippen LogP contribution in [0.25, 0.3) is 11.0 Å². The Kier molecular flexibility index (Phi) is 5.46. The van der Waals surface area contributed by atoms with Crippen molar-refractivity contribution in [2.75, 3.05) is 21.3 Å². The molecule has 2 aromatic carbocycles. The first-order valence-electron chi connectivity index (χ1n) is 8.12. The summed E-state index contributed by atoms with van der Waals surface area (Å²) in [5, 5.41) is 1.19. The normalized spacial score (nSPS) is 10.7. The maximum atomic E-state index is 11.6. The van der Waals surface area contributed by atoms with Crippen LogP contribution in [0.4, 0.5) is 0 Å². The highest BCUT2D eigenvalue weighted by Crippen LogP contribution is 2.39. The van der Waals surface area contributed by atoms with Crippen molar-refractivity contribution >= 4 is 22.6 Å². The average molecular weight is 391 g/mol. The number of benzene rings is 2. The Bertz CT molecular complexity index is 1020. The molecule has 6 nitrogen and oxygen atoms in total. The largest absolute Gasteiger partial charge is 0.493 e. The first-order chi connectivity index (χ1) is 13.0. The second-order valence-electron chi connectivity index (χ2n) is 5.85. The first-order valence-corrected chi connectivity index (χ1v) is 8.50. The molecule has 0 amide bonds. The van der Waals surface area contributed by atoms with E-state index in [1.807, 2.05) is 6.92 Å². The first kappa shape index (κ1) is 18.9. The van der Waals surface area contributed by atoms with Crippen LogP contribution in [0.1, 0.15) is 11.1 Å². The van der Waals surface area contributed by atoms with E-state index in [9.17, 15) is 4.79 Å². The van der Waals surface area contributed by atoms with E-state index in [0.29, 0.717) is 33.6 Å². The SMILES string of the molecule is COc1cc(COc2cc3oc(=O)cc(C)c3cc2Cl)cc(OC)c1OC. The zero-order valence-corrected chi connectivity index (χ0v) is 16.2. The third kappa shape index (κ3) is 3.80. The molecule has 0 unspecified atom stereocenters. The molecule has 0 atom stereocenters. The van der Waals surface area contributed by atoms with E-state index in [1.54, 1.807) is 45.6 Å². The predicted molar refractivity (Wildman–Crippen MR) is 103 cm³/mol. The number of hydrogen-bond donors (Lipinski definition) is 0. The summed E-state index contributed by atoms with van der Waals surface area (Å²) in [4.78, 5) is 11.6. The quantitative estimate of drug-likeness (QED) is 0.582. The van der Waals surface area contributed by atoms with Crippen molar-refractivity contribution < 1.29 is 23.4 Å². The number of hydrogen-bond acceptors (Lipinski definition) is 6. The molecule has 142 valence electrons. The third-order valence-corrected chi connectivity index (χ3v) is 4.42. The van der Waals surface area contributed by atoms with Crippen molar-refractivity contribution in [3.63, 3.8) is 0 Å². The summed E-state index contributed by atoms with van der Waals surface area (Å²) in [5.41, 5.74) is 1.59. The van der Waals surface area contributed by atoms with Crippen LogP contribution in [0.2, 0.25) is 5.02 Å². The van der Waals surface area contributed by atoms with E-state index in [2.05, 4.69) is 0 Å². The summed E-state index contributed by atoms with van der Waals surface area (Å²) < 4.78 is 27.1. The van der Waals surface area contributed by atoms with Crippen molar-refractivity contribution in [1.82, 2.24) is 0 Å². The number of rotatable bonds is 6. The van der Waals surface area contributed by atoms with Crippen molar-refractivity contribution in [2.45, 2.75) is 13.5 Å². The fraction of sp³-hybridized carbons (Fsp3) is 0.250. The van der Waals surface area contributed by atoms with Crippen molar-refractivity contribution in [3.8, 4) is 23.0 Å². The van der Waals surface area contributed by atoms with Crippen molar-refractivity contribution in [1.29, 1.82) is 0 Å². The molecule has 0 aliphatic heterocycles. The van der Waals surface area contributed by atoms with Gasteiger partial charge in [0.15, 0.2) is 11.5 Å². The molecule has 0 N–H and O–H groups in total. The fourth-order valence-corrected chi connectivity index (χ4v) is 3.03. The lowest BCUT2D eigenvalue weighted by Gasteiger charge is -2.15. The Morgan fingerprint density at radius 1 is 0.926 bits per heavy atom. The lowest BCUT2D eigenvalue weighted by molar-refractivity contribution is 0.298. The van der Waals surface area contributed by atoms with Gasteiger partial charge < -0.3 is 23.4 Å². The molecular weight excluding hydrogens is 372 g/mol. The van der Waals surface area contributed by atoms with Crippen LogP contribution in [0.15, 0.2) is 39.5 Å². The number of methoxy groups -OCH3 is 3. The van der Waals surface area contributed by atoms with Crippen molar-refractivity contribution in [3.05, 3.63) is 56.9 Å². The van der Waals surface area contributed by atoms with Crippen LogP contribution < -0.4 is 24.6 Å². The smallest absolute Gasteiger partial charge is 0.336 e. The topological polar surface area (TPSA) is 67.1 Å². The lowest BCUT2D eigenvalue weighted by Crippen LogP contribution is -2.01. The summed E-state index contributed by atoms with van der Waals surface area (Å²) in [6.07, 6.45) is 0. The Labute approximate surface area is 161 Å². The molecule has 0 spiro atoms. The maximum absolute atomic E-state index is 11.6. The molecule has 0 saturated heterocycles. The van der Waals surface area contributed by atoms with Gasteiger partial charge in [-0.1, -0.05) is 11.6 Å². The van der Waals surface area contributed by atoms with Gasteiger partial charge in [0, 0.05) is 17.5 Å². The Hall–Kier alpha value is -2.86. The van der Waals surface area contributed by atoms with E-state index in [0.717, 1.165) is 16.5 Å². The summed E-state index contributed by atoms with van der Waals surface area (Å²) in [5.74, 6) is 1.97. The number of aryl methyl sites for hydroxylation is 1. The third-order valence-electron chi connectivity index (χ3n) is 4.12. The summed E-state index contributed by atoms with van der Waals surface area (Å²) in [7, 11) is 4.64. The zero-order valence-electron chi connectivity index (χ0n) is 15.4. The van der Waals surface area contributed by atoms with Crippen LogP contribution in [0.5, 0.6) is 23.0 Å². The van der Waals surface area contributed by atoms with E-state index in [-0.39, 0.29) is 6.61 Å². The van der Waals surface area contributed by atoms with Crippen LogP contribution in [-0.4, -0.2) is 21.3 Å². The predicted octanol–water partition coefficient (Wildman–Crippen LogP) is 4.36. The van der Waals surface area contributed by atoms with E-state index in [1.165, 1.54) is 6.07 Å². The minimum absolute atomic E-state index is 0.206. The monoisotopic (exact) mass is 390 g/mol. The number of ether oxygens (including phenoxy) is 4. The summed E-state index contributed by atoms with van der Waals surface area (Å²) in [6.45, 7) is 2.03. The molecule has 3 aromatic rings. The Balaban J connectivity index is 1.93. The number of halogens is 1. The molecule has 1 heterocycles. The van der Waals surface area contributed by atoms with Crippen molar-refractivity contribution in [2.24, 2.45) is 0 Å². The highest BCUT2D eigenvalue weighted by molar-refractivity contribution is 6.32. The van der Waals surface area contributed by atoms with Gasteiger partial charge in [0.1, 0.15) is 17.9 Å². The molecule has 0 radical (unpaired) electrons. The fourth-order valence-electron chi connectivity index (χ4n) is 2.81. The molecule has 0 aliphatic carbocycles. The van der Waals surface area contributed by atoms with E-state index in [4.69, 9.17) is 35.0 Å². The van der Waals surface area contributed by atoms with Crippen LogP contribution in [0.3, 0.4) is 0 Å². The summed E-state index contributed by atoms with van der Waals surface area (Å²) >= 11 is 6.33. The highest BCUT2D eigenvalue weighted by atomic mass is 35.5. The van der Waals surface area contributed by atoms with Crippen LogP contribution in [-0.2, 0) is 6.61 Å². The van der Waals surface area contributed by atoms with Gasteiger partial charge in [0.2, 0.25) is 5.75 Å². The second-order valence-corrected chi connectivity index (χ2v) is 6.26. The Morgan fingerprint density at radius 2 is 1.59 bits per heavy atom. The average Bonchev–Trinajstić information content (AvgIpc) is 2.66. The lowest BCUT2D eigenvalue weighted by atomic mass is 10.1. The maximum Gasteiger partial charge on any atom is 0.336 e.